The van der Waals surface area contributed by atoms with Gasteiger partial charge in [-0.2, -0.15) is 0 Å². The molecule has 0 aromatic heterocycles. The summed E-state index contributed by atoms with van der Waals surface area (Å²) < 4.78 is 0. The Morgan fingerprint density at radius 1 is 1.15 bits per heavy atom. The Kier molecular flexibility index (Phi) is 6.48. The maximum atomic E-state index is 12.6. The topological polar surface area (TPSA) is 69.7 Å². The van der Waals surface area contributed by atoms with E-state index in [4.69, 9.17) is 0 Å². The molecule has 0 saturated carbocycles. The first-order valence-electron chi connectivity index (χ1n) is 10.0. The van der Waals surface area contributed by atoms with Gasteiger partial charge in [-0.15, -0.1) is 0 Å². The van der Waals surface area contributed by atoms with E-state index in [1.54, 1.807) is 0 Å². The van der Waals surface area contributed by atoms with E-state index < -0.39 is 6.04 Å². The summed E-state index contributed by atoms with van der Waals surface area (Å²) >= 11 is 0. The van der Waals surface area contributed by atoms with Crippen LogP contribution in [-0.2, 0) is 16.0 Å². The molecule has 2 aliphatic rings. The number of imide groups is 1. The van der Waals surface area contributed by atoms with Crippen LogP contribution in [0.5, 0.6) is 0 Å². The number of likely N-dealkylation sites (tertiary alicyclic amines) is 1. The van der Waals surface area contributed by atoms with Crippen LogP contribution in [0.3, 0.4) is 0 Å². The second-order valence-electron chi connectivity index (χ2n) is 7.54. The molecule has 1 N–H and O–H groups in total. The summed E-state index contributed by atoms with van der Waals surface area (Å²) in [5.41, 5.74) is 1.36. The third-order valence-electron chi connectivity index (χ3n) is 5.58. The quantitative estimate of drug-likeness (QED) is 0.749. The minimum absolute atomic E-state index is 0.0338. The molecule has 27 heavy (non-hydrogen) atoms. The van der Waals surface area contributed by atoms with Crippen LogP contribution in [0.25, 0.3) is 0 Å². The van der Waals surface area contributed by atoms with Gasteiger partial charge in [-0.1, -0.05) is 37.3 Å². The fourth-order valence-electron chi connectivity index (χ4n) is 3.94. The lowest BCUT2D eigenvalue weighted by Gasteiger charge is -2.32. The Labute approximate surface area is 160 Å². The molecule has 146 valence electrons. The van der Waals surface area contributed by atoms with Crippen LogP contribution in [0.1, 0.15) is 44.6 Å². The van der Waals surface area contributed by atoms with Crippen LogP contribution in [0, 0.1) is 5.92 Å². The highest BCUT2D eigenvalue weighted by Crippen LogP contribution is 2.23. The summed E-state index contributed by atoms with van der Waals surface area (Å²) in [5, 5.41) is 2.65. The number of benzene rings is 1. The van der Waals surface area contributed by atoms with Gasteiger partial charge in [0, 0.05) is 19.6 Å². The summed E-state index contributed by atoms with van der Waals surface area (Å²) in [6.07, 6.45) is 5.03. The largest absolute Gasteiger partial charge is 0.343 e. The van der Waals surface area contributed by atoms with Gasteiger partial charge >= 0.3 is 6.03 Å². The van der Waals surface area contributed by atoms with Crippen LogP contribution >= 0.6 is 0 Å². The average Bonchev–Trinajstić information content (AvgIpc) is 2.95. The van der Waals surface area contributed by atoms with E-state index >= 15 is 0 Å². The van der Waals surface area contributed by atoms with Crippen LogP contribution in [-0.4, -0.2) is 53.3 Å². The van der Waals surface area contributed by atoms with Crippen molar-refractivity contribution in [2.75, 3.05) is 19.6 Å². The molecule has 6 heteroatoms. The Hall–Kier alpha value is -2.37. The zero-order valence-electron chi connectivity index (χ0n) is 16.0. The highest BCUT2D eigenvalue weighted by Gasteiger charge is 2.39. The standard InChI is InChI=1S/C21H29N3O3/c1-2-12-24-20(26)18(22-21(24)27)15-19(25)23-13-10-17(11-14-23)9-8-16-6-4-3-5-7-16/h3-7,17-18H,2,8-15H2,1H3,(H,22,27)/t18-/m0/s1. The molecule has 2 heterocycles. The Bertz CT molecular complexity index is 669. The maximum Gasteiger partial charge on any atom is 0.324 e. The van der Waals surface area contributed by atoms with Gasteiger partial charge in [0.05, 0.1) is 6.42 Å². The molecule has 6 nitrogen and oxygen atoms in total. The average molecular weight is 371 g/mol. The minimum atomic E-state index is -0.702. The summed E-state index contributed by atoms with van der Waals surface area (Å²) in [4.78, 5) is 39.7. The van der Waals surface area contributed by atoms with Crippen molar-refractivity contribution in [3.8, 4) is 0 Å². The molecule has 2 aliphatic heterocycles. The van der Waals surface area contributed by atoms with E-state index in [9.17, 15) is 14.4 Å². The summed E-state index contributed by atoms with van der Waals surface area (Å²) in [6, 6.07) is 9.42. The number of rotatable bonds is 7. The number of carbonyl (C=O) groups is 3. The van der Waals surface area contributed by atoms with Crippen molar-refractivity contribution >= 4 is 17.8 Å². The molecule has 0 spiro atoms. The molecular weight excluding hydrogens is 342 g/mol. The van der Waals surface area contributed by atoms with Crippen LogP contribution in [0.2, 0.25) is 0 Å². The third-order valence-corrected chi connectivity index (χ3v) is 5.58. The summed E-state index contributed by atoms with van der Waals surface area (Å²) in [7, 11) is 0. The van der Waals surface area contributed by atoms with Gasteiger partial charge in [-0.05, 0) is 43.6 Å². The molecule has 0 bridgehead atoms. The molecule has 3 rings (SSSR count). The fraction of sp³-hybridized carbons (Fsp3) is 0.571. The Morgan fingerprint density at radius 2 is 1.85 bits per heavy atom. The monoisotopic (exact) mass is 371 g/mol. The number of urea groups is 1. The number of amides is 4. The van der Waals surface area contributed by atoms with Crippen molar-refractivity contribution in [3.05, 3.63) is 35.9 Å². The van der Waals surface area contributed by atoms with Gasteiger partial charge in [0.1, 0.15) is 6.04 Å². The molecule has 0 aliphatic carbocycles. The normalized spacial score (nSPS) is 20.9. The molecule has 2 fully saturated rings. The zero-order chi connectivity index (χ0) is 19.2. The third kappa shape index (κ3) is 4.87. The number of nitrogens with one attached hydrogen (secondary N) is 1. The summed E-state index contributed by atoms with van der Waals surface area (Å²) in [5.74, 6) is 0.337. The molecule has 1 atom stereocenters. The van der Waals surface area contributed by atoms with Gasteiger partial charge < -0.3 is 10.2 Å². The first kappa shape index (κ1) is 19.4. The van der Waals surface area contributed by atoms with Crippen molar-refractivity contribution in [2.45, 2.75) is 51.5 Å². The molecule has 2 saturated heterocycles. The number of aryl methyl sites for hydroxylation is 1. The fourth-order valence-corrected chi connectivity index (χ4v) is 3.94. The molecule has 4 amide bonds. The first-order valence-corrected chi connectivity index (χ1v) is 10.0. The van der Waals surface area contributed by atoms with E-state index in [-0.39, 0.29) is 24.3 Å². The van der Waals surface area contributed by atoms with E-state index in [1.165, 1.54) is 10.5 Å². The predicted octanol–water partition coefficient (Wildman–Crippen LogP) is 2.58. The summed E-state index contributed by atoms with van der Waals surface area (Å²) in [6.45, 7) is 3.81. The lowest BCUT2D eigenvalue weighted by atomic mass is 9.90. The van der Waals surface area contributed by atoms with Crippen LogP contribution in [0.4, 0.5) is 4.79 Å². The van der Waals surface area contributed by atoms with Gasteiger partial charge in [-0.25, -0.2) is 4.79 Å². The van der Waals surface area contributed by atoms with Gasteiger partial charge in [0.2, 0.25) is 5.91 Å². The van der Waals surface area contributed by atoms with E-state index in [1.807, 2.05) is 17.9 Å². The number of hydrogen-bond acceptors (Lipinski definition) is 3. The smallest absolute Gasteiger partial charge is 0.324 e. The van der Waals surface area contributed by atoms with Crippen molar-refractivity contribution in [1.29, 1.82) is 0 Å². The van der Waals surface area contributed by atoms with Crippen molar-refractivity contribution < 1.29 is 14.4 Å². The lowest BCUT2D eigenvalue weighted by molar-refractivity contribution is -0.136. The Balaban J connectivity index is 1.42. The van der Waals surface area contributed by atoms with Crippen molar-refractivity contribution in [2.24, 2.45) is 5.92 Å². The first-order chi connectivity index (χ1) is 13.1. The van der Waals surface area contributed by atoms with E-state index in [0.29, 0.717) is 12.5 Å². The highest BCUT2D eigenvalue weighted by atomic mass is 16.2. The molecule has 0 radical (unpaired) electrons. The Morgan fingerprint density at radius 3 is 2.52 bits per heavy atom. The number of carbonyl (C=O) groups excluding carboxylic acids is 3. The van der Waals surface area contributed by atoms with Gasteiger partial charge in [0.25, 0.3) is 5.91 Å². The number of hydrogen-bond donors (Lipinski definition) is 1. The molecular formula is C21H29N3O3. The van der Waals surface area contributed by atoms with E-state index in [2.05, 4.69) is 29.6 Å². The molecule has 0 unspecified atom stereocenters. The second kappa shape index (κ2) is 9.02. The SMILES string of the molecule is CCCN1C(=O)N[C@@H](CC(=O)N2CCC(CCc3ccccc3)CC2)C1=O. The van der Waals surface area contributed by atoms with E-state index in [0.717, 1.165) is 45.2 Å². The van der Waals surface area contributed by atoms with Gasteiger partial charge in [-0.3, -0.25) is 14.5 Å². The number of nitrogens with zero attached hydrogens (tertiary/aromatic N) is 2. The zero-order valence-corrected chi connectivity index (χ0v) is 16.0. The maximum absolute atomic E-state index is 12.6. The van der Waals surface area contributed by atoms with Crippen LogP contribution in [0.15, 0.2) is 30.3 Å². The van der Waals surface area contributed by atoms with Gasteiger partial charge in [0.15, 0.2) is 0 Å². The second-order valence-corrected chi connectivity index (χ2v) is 7.54. The minimum Gasteiger partial charge on any atom is -0.343 e. The lowest BCUT2D eigenvalue weighted by Crippen LogP contribution is -2.42. The molecule has 1 aromatic carbocycles. The predicted molar refractivity (Wildman–Crippen MR) is 103 cm³/mol. The van der Waals surface area contributed by atoms with Crippen LogP contribution < -0.4 is 5.32 Å². The highest BCUT2D eigenvalue weighted by molar-refractivity contribution is 6.05. The van der Waals surface area contributed by atoms with Crippen molar-refractivity contribution in [1.82, 2.24) is 15.1 Å². The number of piperidine rings is 1. The molecule has 1 aromatic rings. The van der Waals surface area contributed by atoms with Crippen molar-refractivity contribution in [3.63, 3.8) is 0 Å².